The maximum absolute atomic E-state index is 12.1. The van der Waals surface area contributed by atoms with Crippen molar-refractivity contribution in [3.63, 3.8) is 0 Å². The first-order chi connectivity index (χ1) is 10.1. The molecule has 0 saturated carbocycles. The summed E-state index contributed by atoms with van der Waals surface area (Å²) >= 11 is 0. The Hall–Kier alpha value is -2.37. The van der Waals surface area contributed by atoms with Crippen LogP contribution in [-0.2, 0) is 11.2 Å². The summed E-state index contributed by atoms with van der Waals surface area (Å²) in [6.07, 6.45) is 2.41. The van der Waals surface area contributed by atoms with Crippen LogP contribution in [0.5, 0.6) is 0 Å². The van der Waals surface area contributed by atoms with Crippen LogP contribution in [0, 0.1) is 0 Å². The number of aromatic carboxylic acids is 1. The average molecular weight is 287 g/mol. The predicted octanol–water partition coefficient (Wildman–Crippen LogP) is 1.75. The standard InChI is InChI=1S/C15H17N3O3/c1-2-13-17-10-8-9(15(20)21)5-6-11(10)18(13)12-4-3-7-16-14(12)19/h5-6,8,12H,2-4,7H2,1H3,(H,16,19)(H,20,21). The summed E-state index contributed by atoms with van der Waals surface area (Å²) in [5.41, 5.74) is 1.66. The molecular weight excluding hydrogens is 270 g/mol. The number of rotatable bonds is 3. The van der Waals surface area contributed by atoms with E-state index < -0.39 is 5.97 Å². The lowest BCUT2D eigenvalue weighted by atomic mass is 10.1. The first kappa shape index (κ1) is 13.6. The molecule has 2 heterocycles. The Morgan fingerprint density at radius 2 is 2.33 bits per heavy atom. The van der Waals surface area contributed by atoms with E-state index in [-0.39, 0.29) is 17.5 Å². The third kappa shape index (κ3) is 2.26. The van der Waals surface area contributed by atoms with Crippen molar-refractivity contribution in [3.8, 4) is 0 Å². The molecule has 0 bridgehead atoms. The van der Waals surface area contributed by atoms with E-state index in [0.29, 0.717) is 18.5 Å². The molecule has 110 valence electrons. The van der Waals surface area contributed by atoms with Gasteiger partial charge in [-0.15, -0.1) is 0 Å². The number of nitrogens with zero attached hydrogens (tertiary/aromatic N) is 2. The number of hydrogen-bond donors (Lipinski definition) is 2. The third-order valence-corrected chi connectivity index (χ3v) is 3.89. The molecule has 1 fully saturated rings. The summed E-state index contributed by atoms with van der Waals surface area (Å²) in [5, 5.41) is 12.0. The van der Waals surface area contributed by atoms with Crippen molar-refractivity contribution in [2.75, 3.05) is 6.54 Å². The number of piperidine rings is 1. The fourth-order valence-corrected chi connectivity index (χ4v) is 2.88. The van der Waals surface area contributed by atoms with E-state index in [1.807, 2.05) is 11.5 Å². The molecule has 21 heavy (non-hydrogen) atoms. The average Bonchev–Trinajstić information content (AvgIpc) is 2.85. The monoisotopic (exact) mass is 287 g/mol. The number of nitrogens with one attached hydrogen (secondary N) is 1. The van der Waals surface area contributed by atoms with Crippen LogP contribution >= 0.6 is 0 Å². The van der Waals surface area contributed by atoms with Crippen LogP contribution in [0.1, 0.15) is 42.0 Å². The number of amides is 1. The van der Waals surface area contributed by atoms with E-state index in [2.05, 4.69) is 10.3 Å². The van der Waals surface area contributed by atoms with Gasteiger partial charge in [-0.1, -0.05) is 6.92 Å². The summed E-state index contributed by atoms with van der Waals surface area (Å²) in [6.45, 7) is 2.70. The molecule has 0 spiro atoms. The molecule has 1 aliphatic heterocycles. The molecule has 1 unspecified atom stereocenters. The Balaban J connectivity index is 2.16. The summed E-state index contributed by atoms with van der Waals surface area (Å²) in [7, 11) is 0. The smallest absolute Gasteiger partial charge is 0.335 e. The molecule has 1 saturated heterocycles. The highest BCUT2D eigenvalue weighted by Crippen LogP contribution is 2.27. The lowest BCUT2D eigenvalue weighted by molar-refractivity contribution is -0.125. The van der Waals surface area contributed by atoms with Crippen molar-refractivity contribution in [2.45, 2.75) is 32.2 Å². The van der Waals surface area contributed by atoms with Crippen LogP contribution in [0.4, 0.5) is 0 Å². The zero-order valence-electron chi connectivity index (χ0n) is 11.8. The number of aromatic nitrogens is 2. The molecule has 6 heteroatoms. The predicted molar refractivity (Wildman–Crippen MR) is 77.4 cm³/mol. The molecule has 6 nitrogen and oxygen atoms in total. The van der Waals surface area contributed by atoms with E-state index in [9.17, 15) is 9.59 Å². The Morgan fingerprint density at radius 3 is 3.00 bits per heavy atom. The number of carboxylic acids is 1. The van der Waals surface area contributed by atoms with Crippen LogP contribution in [0.25, 0.3) is 11.0 Å². The van der Waals surface area contributed by atoms with Crippen molar-refractivity contribution in [1.29, 1.82) is 0 Å². The van der Waals surface area contributed by atoms with Crippen LogP contribution in [0.15, 0.2) is 18.2 Å². The van der Waals surface area contributed by atoms with Crippen LogP contribution in [0.2, 0.25) is 0 Å². The minimum absolute atomic E-state index is 0.0116. The second-order valence-corrected chi connectivity index (χ2v) is 5.21. The topological polar surface area (TPSA) is 84.2 Å². The third-order valence-electron chi connectivity index (χ3n) is 3.89. The van der Waals surface area contributed by atoms with Gasteiger partial charge in [0.1, 0.15) is 11.9 Å². The Labute approximate surface area is 121 Å². The first-order valence-electron chi connectivity index (χ1n) is 7.13. The highest BCUT2D eigenvalue weighted by atomic mass is 16.4. The van der Waals surface area contributed by atoms with E-state index >= 15 is 0 Å². The zero-order valence-corrected chi connectivity index (χ0v) is 11.8. The van der Waals surface area contributed by atoms with Gasteiger partial charge in [0, 0.05) is 13.0 Å². The number of fused-ring (bicyclic) bond motifs is 1. The molecular formula is C15H17N3O3. The molecule has 1 aromatic carbocycles. The van der Waals surface area contributed by atoms with Gasteiger partial charge in [0.05, 0.1) is 16.6 Å². The van der Waals surface area contributed by atoms with Crippen molar-refractivity contribution in [3.05, 3.63) is 29.6 Å². The number of carboxylic acid groups (broad SMARTS) is 1. The van der Waals surface area contributed by atoms with Gasteiger partial charge < -0.3 is 15.0 Å². The van der Waals surface area contributed by atoms with Crippen molar-refractivity contribution in [1.82, 2.24) is 14.9 Å². The maximum atomic E-state index is 12.1. The molecule has 0 aliphatic carbocycles. The van der Waals surface area contributed by atoms with Crippen LogP contribution < -0.4 is 5.32 Å². The molecule has 0 radical (unpaired) electrons. The number of hydrogen-bond acceptors (Lipinski definition) is 3. The van der Waals surface area contributed by atoms with E-state index in [1.54, 1.807) is 18.2 Å². The molecule has 1 amide bonds. The minimum Gasteiger partial charge on any atom is -0.478 e. The van der Waals surface area contributed by atoms with Crippen molar-refractivity contribution in [2.24, 2.45) is 0 Å². The molecule has 2 aromatic rings. The van der Waals surface area contributed by atoms with E-state index in [0.717, 1.165) is 24.2 Å². The van der Waals surface area contributed by atoms with Gasteiger partial charge in [-0.05, 0) is 31.0 Å². The number of carbonyl (C=O) groups is 2. The quantitative estimate of drug-likeness (QED) is 0.900. The summed E-state index contributed by atoms with van der Waals surface area (Å²) in [4.78, 5) is 27.7. The van der Waals surface area contributed by atoms with Crippen LogP contribution in [0.3, 0.4) is 0 Å². The number of aryl methyl sites for hydroxylation is 1. The number of carbonyl (C=O) groups excluding carboxylic acids is 1. The van der Waals surface area contributed by atoms with Gasteiger partial charge in [-0.3, -0.25) is 4.79 Å². The van der Waals surface area contributed by atoms with Crippen LogP contribution in [-0.4, -0.2) is 33.1 Å². The number of imidazole rings is 1. The summed E-state index contributed by atoms with van der Waals surface area (Å²) < 4.78 is 1.95. The minimum atomic E-state index is -0.972. The van der Waals surface area contributed by atoms with Crippen molar-refractivity contribution >= 4 is 22.9 Å². The Morgan fingerprint density at radius 1 is 1.52 bits per heavy atom. The van der Waals surface area contributed by atoms with E-state index in [1.165, 1.54) is 0 Å². The fraction of sp³-hybridized carbons (Fsp3) is 0.400. The maximum Gasteiger partial charge on any atom is 0.335 e. The summed E-state index contributed by atoms with van der Waals surface area (Å²) in [6, 6.07) is 4.61. The molecule has 1 aliphatic rings. The Kier molecular flexibility index (Phi) is 3.37. The number of benzene rings is 1. The molecule has 3 rings (SSSR count). The van der Waals surface area contributed by atoms with Gasteiger partial charge in [0.25, 0.3) is 0 Å². The van der Waals surface area contributed by atoms with Gasteiger partial charge in [-0.25, -0.2) is 9.78 Å². The summed E-state index contributed by atoms with van der Waals surface area (Å²) in [5.74, 6) is -0.146. The fourth-order valence-electron chi connectivity index (χ4n) is 2.88. The second-order valence-electron chi connectivity index (χ2n) is 5.21. The van der Waals surface area contributed by atoms with Gasteiger partial charge in [0.15, 0.2) is 0 Å². The Bertz CT molecular complexity index is 720. The first-order valence-corrected chi connectivity index (χ1v) is 7.13. The zero-order chi connectivity index (χ0) is 15.0. The highest BCUT2D eigenvalue weighted by molar-refractivity contribution is 5.93. The highest BCUT2D eigenvalue weighted by Gasteiger charge is 2.27. The van der Waals surface area contributed by atoms with Gasteiger partial charge in [-0.2, -0.15) is 0 Å². The van der Waals surface area contributed by atoms with Crippen molar-refractivity contribution < 1.29 is 14.7 Å². The molecule has 2 N–H and O–H groups in total. The SMILES string of the molecule is CCc1nc2cc(C(=O)O)ccc2n1C1CCCNC1=O. The van der Waals surface area contributed by atoms with Gasteiger partial charge in [0.2, 0.25) is 5.91 Å². The van der Waals surface area contributed by atoms with Gasteiger partial charge >= 0.3 is 5.97 Å². The lowest BCUT2D eigenvalue weighted by Gasteiger charge is -2.25. The lowest BCUT2D eigenvalue weighted by Crippen LogP contribution is -2.38. The largest absolute Gasteiger partial charge is 0.478 e. The normalized spacial score (nSPS) is 18.7. The second kappa shape index (κ2) is 5.20. The van der Waals surface area contributed by atoms with E-state index in [4.69, 9.17) is 5.11 Å². The molecule has 1 atom stereocenters. The molecule has 1 aromatic heterocycles.